The van der Waals surface area contributed by atoms with Crippen LogP contribution in [0.3, 0.4) is 0 Å². The number of nitrogens with one attached hydrogen (secondary N) is 1. The predicted octanol–water partition coefficient (Wildman–Crippen LogP) is 17.7. The number of ether oxygens (including phenoxy) is 1. The molecule has 1 amide bonds. The zero-order chi connectivity index (χ0) is 49.5. The van der Waals surface area contributed by atoms with E-state index >= 15 is 0 Å². The lowest BCUT2D eigenvalue weighted by Crippen LogP contribution is -2.46. The molecule has 0 heterocycles. The number of allylic oxidation sites excluding steroid dienone is 16. The van der Waals surface area contributed by atoms with Gasteiger partial charge in [-0.15, -0.1) is 0 Å². The molecule has 0 aliphatic heterocycles. The van der Waals surface area contributed by atoms with E-state index < -0.39 is 18.2 Å². The van der Waals surface area contributed by atoms with Gasteiger partial charge in [0.1, 0.15) is 6.10 Å². The van der Waals surface area contributed by atoms with Gasteiger partial charge in [0.25, 0.3) is 0 Å². The SMILES string of the molecule is CC/C=C/C=C/C=C/C=C\CCCCCC(CC(=O)NC(CO)C(O)CCCCCCCCCCCCCCCCCCC)OC(=O)CCCCC/C=C\C/C=C\C/C=C\C/C=C\CCCCC. The highest BCUT2D eigenvalue weighted by molar-refractivity contribution is 5.77. The van der Waals surface area contributed by atoms with Gasteiger partial charge in [0.2, 0.25) is 5.91 Å². The fraction of sp³-hybridized carbons (Fsp3) is 0.710. The molecule has 0 aliphatic carbocycles. The first kappa shape index (κ1) is 64.8. The lowest BCUT2D eigenvalue weighted by molar-refractivity contribution is -0.151. The summed E-state index contributed by atoms with van der Waals surface area (Å²) in [6.45, 7) is 6.31. The number of hydrogen-bond acceptors (Lipinski definition) is 5. The van der Waals surface area contributed by atoms with E-state index in [0.29, 0.717) is 19.3 Å². The fourth-order valence-electron chi connectivity index (χ4n) is 8.19. The van der Waals surface area contributed by atoms with Crippen molar-refractivity contribution in [1.29, 1.82) is 0 Å². The first-order valence-corrected chi connectivity index (χ1v) is 28.5. The van der Waals surface area contributed by atoms with Crippen LogP contribution in [0.4, 0.5) is 0 Å². The van der Waals surface area contributed by atoms with Gasteiger partial charge >= 0.3 is 5.97 Å². The van der Waals surface area contributed by atoms with Crippen LogP contribution >= 0.6 is 0 Å². The summed E-state index contributed by atoms with van der Waals surface area (Å²) in [4.78, 5) is 26.2. The van der Waals surface area contributed by atoms with Crippen molar-refractivity contribution in [2.45, 2.75) is 277 Å². The topological polar surface area (TPSA) is 95.9 Å². The van der Waals surface area contributed by atoms with E-state index in [1.165, 1.54) is 116 Å². The highest BCUT2D eigenvalue weighted by atomic mass is 16.5. The minimum Gasteiger partial charge on any atom is -0.462 e. The summed E-state index contributed by atoms with van der Waals surface area (Å²) in [7, 11) is 0. The average molecular weight is 947 g/mol. The maximum absolute atomic E-state index is 13.3. The second-order valence-electron chi connectivity index (χ2n) is 19.0. The van der Waals surface area contributed by atoms with Gasteiger partial charge in [-0.25, -0.2) is 0 Å². The second kappa shape index (κ2) is 54.7. The summed E-state index contributed by atoms with van der Waals surface area (Å²) >= 11 is 0. The molecule has 0 aromatic heterocycles. The zero-order valence-electron chi connectivity index (χ0n) is 44.5. The summed E-state index contributed by atoms with van der Waals surface area (Å²) in [5.74, 6) is -0.552. The summed E-state index contributed by atoms with van der Waals surface area (Å²) in [6.07, 6.45) is 73.3. The van der Waals surface area contributed by atoms with E-state index in [1.807, 2.05) is 24.3 Å². The number of hydrogen-bond donors (Lipinski definition) is 3. The van der Waals surface area contributed by atoms with E-state index in [9.17, 15) is 19.8 Å². The Labute approximate surface area is 420 Å². The van der Waals surface area contributed by atoms with Gasteiger partial charge in [-0.2, -0.15) is 0 Å². The number of rotatable bonds is 50. The van der Waals surface area contributed by atoms with E-state index in [1.54, 1.807) is 0 Å². The lowest BCUT2D eigenvalue weighted by atomic mass is 10.0. The van der Waals surface area contributed by atoms with Crippen molar-refractivity contribution in [3.8, 4) is 0 Å². The highest BCUT2D eigenvalue weighted by Crippen LogP contribution is 2.17. The molecule has 0 bridgehead atoms. The Balaban J connectivity index is 4.62. The standard InChI is InChI=1S/C62H107NO5/c1-4-7-10-13-16-19-22-25-27-29-30-32-34-37-40-43-46-49-52-55-62(67)68-58(53-50-47-44-41-38-35-24-21-18-15-12-9-6-3)56-61(66)63-59(57-64)60(65)54-51-48-45-42-39-36-33-31-28-26-23-20-17-14-11-8-5-2/h9,12,15-16,18-19,21,24-25,27,30,32,35,37-38,40,58-60,64-65H,4-8,10-11,13-14,17,20,22-23,26,28-29,31,33-34,36,39,41-57H2,1-3H3,(H,63,66)/b12-9+,18-15+,19-16-,24-21+,27-25-,32-30-,38-35-,40-37-. The van der Waals surface area contributed by atoms with Gasteiger partial charge in [-0.1, -0.05) is 253 Å². The molecule has 0 radical (unpaired) electrons. The number of aliphatic hydroxyl groups excluding tert-OH is 2. The number of esters is 1. The van der Waals surface area contributed by atoms with Crippen LogP contribution in [0.2, 0.25) is 0 Å². The van der Waals surface area contributed by atoms with Crippen LogP contribution in [0.1, 0.15) is 258 Å². The van der Waals surface area contributed by atoms with Crippen molar-refractivity contribution in [3.05, 3.63) is 97.2 Å². The first-order chi connectivity index (χ1) is 33.5. The Morgan fingerprint density at radius 2 is 0.853 bits per heavy atom. The van der Waals surface area contributed by atoms with Crippen molar-refractivity contribution in [2.75, 3.05) is 6.61 Å². The minimum absolute atomic E-state index is 0.0335. The normalized spacial score (nSPS) is 13.9. The lowest BCUT2D eigenvalue weighted by Gasteiger charge is -2.24. The maximum atomic E-state index is 13.3. The summed E-state index contributed by atoms with van der Waals surface area (Å²) < 4.78 is 5.92. The van der Waals surface area contributed by atoms with Gasteiger partial charge < -0.3 is 20.3 Å². The third kappa shape index (κ3) is 49.2. The zero-order valence-corrected chi connectivity index (χ0v) is 44.5. The Bertz CT molecular complexity index is 1340. The number of amides is 1. The van der Waals surface area contributed by atoms with Crippen LogP contribution in [-0.4, -0.2) is 46.9 Å². The van der Waals surface area contributed by atoms with E-state index in [4.69, 9.17) is 4.74 Å². The molecular weight excluding hydrogens is 839 g/mol. The number of unbranched alkanes of at least 4 members (excludes halogenated alkanes) is 25. The van der Waals surface area contributed by atoms with Crippen LogP contribution in [0.15, 0.2) is 97.2 Å². The molecule has 3 unspecified atom stereocenters. The second-order valence-corrected chi connectivity index (χ2v) is 19.0. The smallest absolute Gasteiger partial charge is 0.306 e. The summed E-state index contributed by atoms with van der Waals surface area (Å²) in [6, 6.07) is -0.728. The average Bonchev–Trinajstić information content (AvgIpc) is 3.33. The molecule has 6 heteroatoms. The summed E-state index contributed by atoms with van der Waals surface area (Å²) in [5.41, 5.74) is 0. The van der Waals surface area contributed by atoms with Gasteiger partial charge in [0.15, 0.2) is 0 Å². The molecule has 6 nitrogen and oxygen atoms in total. The molecule has 0 fully saturated rings. The van der Waals surface area contributed by atoms with E-state index in [2.05, 4.69) is 99.0 Å². The van der Waals surface area contributed by atoms with Crippen LogP contribution in [0, 0.1) is 0 Å². The molecule has 0 spiro atoms. The van der Waals surface area contributed by atoms with Gasteiger partial charge in [0, 0.05) is 6.42 Å². The molecular formula is C62H107NO5. The molecule has 0 saturated carbocycles. The van der Waals surface area contributed by atoms with Crippen molar-refractivity contribution in [1.82, 2.24) is 5.32 Å². The molecule has 68 heavy (non-hydrogen) atoms. The van der Waals surface area contributed by atoms with Crippen molar-refractivity contribution in [3.63, 3.8) is 0 Å². The van der Waals surface area contributed by atoms with Crippen LogP contribution in [-0.2, 0) is 14.3 Å². The molecule has 390 valence electrons. The number of aliphatic hydroxyl groups is 2. The molecule has 0 aromatic carbocycles. The first-order valence-electron chi connectivity index (χ1n) is 28.5. The van der Waals surface area contributed by atoms with Crippen molar-refractivity contribution < 1.29 is 24.5 Å². The summed E-state index contributed by atoms with van der Waals surface area (Å²) in [5, 5.41) is 23.9. The third-order valence-electron chi connectivity index (χ3n) is 12.5. The Morgan fingerprint density at radius 1 is 0.456 bits per heavy atom. The number of carbonyl (C=O) groups excluding carboxylic acids is 2. The van der Waals surface area contributed by atoms with E-state index in [-0.39, 0.29) is 24.9 Å². The Hall–Kier alpha value is -3.22. The van der Waals surface area contributed by atoms with Crippen LogP contribution in [0.5, 0.6) is 0 Å². The fourth-order valence-corrected chi connectivity index (χ4v) is 8.19. The molecule has 0 rings (SSSR count). The molecule has 0 saturated heterocycles. The van der Waals surface area contributed by atoms with E-state index in [0.717, 1.165) is 96.3 Å². The number of carbonyl (C=O) groups is 2. The monoisotopic (exact) mass is 946 g/mol. The highest BCUT2D eigenvalue weighted by Gasteiger charge is 2.24. The van der Waals surface area contributed by atoms with Gasteiger partial charge in [-0.05, 0) is 89.9 Å². The maximum Gasteiger partial charge on any atom is 0.306 e. The predicted molar refractivity (Wildman–Crippen MR) is 296 cm³/mol. The minimum atomic E-state index is -0.811. The van der Waals surface area contributed by atoms with Crippen LogP contribution in [0.25, 0.3) is 0 Å². The Kier molecular flexibility index (Phi) is 52.1. The molecule has 3 atom stereocenters. The van der Waals surface area contributed by atoms with Crippen LogP contribution < -0.4 is 5.32 Å². The van der Waals surface area contributed by atoms with Crippen molar-refractivity contribution >= 4 is 11.9 Å². The Morgan fingerprint density at radius 3 is 1.37 bits per heavy atom. The van der Waals surface area contributed by atoms with Gasteiger partial charge in [-0.3, -0.25) is 9.59 Å². The van der Waals surface area contributed by atoms with Gasteiger partial charge in [0.05, 0.1) is 25.2 Å². The molecule has 0 aliphatic rings. The molecule has 0 aromatic rings. The quantitative estimate of drug-likeness (QED) is 0.0244. The largest absolute Gasteiger partial charge is 0.462 e. The molecule has 3 N–H and O–H groups in total. The van der Waals surface area contributed by atoms with Crippen molar-refractivity contribution in [2.24, 2.45) is 0 Å². The third-order valence-corrected chi connectivity index (χ3v) is 12.5.